The molecule has 2 amide bonds. The second-order valence-corrected chi connectivity index (χ2v) is 6.69. The summed E-state index contributed by atoms with van der Waals surface area (Å²) in [5.41, 5.74) is 0. The Morgan fingerprint density at radius 2 is 2.40 bits per heavy atom. The molecule has 1 N–H and O–H groups in total. The molecule has 0 saturated carbocycles. The van der Waals surface area contributed by atoms with Crippen LogP contribution in [-0.2, 0) is 6.54 Å². The number of carbonyl (C=O) groups is 1. The normalized spacial score (nSPS) is 21.3. The van der Waals surface area contributed by atoms with Gasteiger partial charge in [0, 0.05) is 43.8 Å². The molecular weight excluding hydrogens is 272 g/mol. The van der Waals surface area contributed by atoms with Crippen LogP contribution >= 0.6 is 11.8 Å². The van der Waals surface area contributed by atoms with Gasteiger partial charge in [0.25, 0.3) is 0 Å². The van der Waals surface area contributed by atoms with Crippen LogP contribution in [0.5, 0.6) is 0 Å². The Labute approximate surface area is 125 Å². The van der Waals surface area contributed by atoms with Gasteiger partial charge in [0.2, 0.25) is 0 Å². The Balaban J connectivity index is 1.76. The molecule has 1 fully saturated rings. The van der Waals surface area contributed by atoms with Gasteiger partial charge in [0.1, 0.15) is 0 Å². The van der Waals surface area contributed by atoms with Crippen molar-refractivity contribution in [1.29, 1.82) is 0 Å². The van der Waals surface area contributed by atoms with E-state index in [0.29, 0.717) is 18.5 Å². The Bertz CT molecular complexity index is 409. The second-order valence-electron chi connectivity index (χ2n) is 5.46. The molecule has 2 heterocycles. The molecule has 0 radical (unpaired) electrons. The van der Waals surface area contributed by atoms with Gasteiger partial charge >= 0.3 is 6.03 Å². The fraction of sp³-hybridized carbons (Fsp3) is 0.714. The molecule has 2 unspecified atom stereocenters. The smallest absolute Gasteiger partial charge is 0.317 e. The number of carbonyl (C=O) groups excluding carboxylic acids is 1. The lowest BCUT2D eigenvalue weighted by atomic mass is 10.2. The molecule has 2 rings (SSSR count). The number of hydrogen-bond acceptors (Lipinski definition) is 3. The van der Waals surface area contributed by atoms with Gasteiger partial charge in [0.15, 0.2) is 0 Å². The number of thioether (sulfide) groups is 1. The molecule has 1 aromatic heterocycles. The van der Waals surface area contributed by atoms with E-state index in [1.54, 1.807) is 6.20 Å². The zero-order valence-electron chi connectivity index (χ0n) is 12.3. The number of urea groups is 1. The first kappa shape index (κ1) is 15.2. The Morgan fingerprint density at radius 1 is 1.55 bits per heavy atom. The van der Waals surface area contributed by atoms with E-state index in [1.165, 1.54) is 0 Å². The standard InChI is InChI=1S/C14H24N4OS/c1-12(11-17-6-3-5-16-17)10-15-14(19)18-7-9-20-8-4-13(18)2/h3,5-6,12-13H,4,7-11H2,1-2H3,(H,15,19). The summed E-state index contributed by atoms with van der Waals surface area (Å²) in [6, 6.07) is 2.33. The zero-order valence-corrected chi connectivity index (χ0v) is 13.1. The van der Waals surface area contributed by atoms with Gasteiger partial charge in [0.05, 0.1) is 0 Å². The molecule has 112 valence electrons. The molecule has 0 spiro atoms. The van der Waals surface area contributed by atoms with Crippen LogP contribution in [0.3, 0.4) is 0 Å². The first-order valence-corrected chi connectivity index (χ1v) is 8.42. The van der Waals surface area contributed by atoms with Gasteiger partial charge in [-0.15, -0.1) is 0 Å². The van der Waals surface area contributed by atoms with Crippen molar-refractivity contribution >= 4 is 17.8 Å². The highest BCUT2D eigenvalue weighted by atomic mass is 32.2. The molecule has 6 heteroatoms. The average molecular weight is 296 g/mol. The largest absolute Gasteiger partial charge is 0.338 e. The highest BCUT2D eigenvalue weighted by molar-refractivity contribution is 7.99. The van der Waals surface area contributed by atoms with Crippen LogP contribution in [0.1, 0.15) is 20.3 Å². The SMILES string of the molecule is CC(CNC(=O)N1CCSCCC1C)Cn1cccn1. The van der Waals surface area contributed by atoms with Crippen LogP contribution in [0.2, 0.25) is 0 Å². The number of amides is 2. The van der Waals surface area contributed by atoms with Crippen molar-refractivity contribution < 1.29 is 4.79 Å². The molecular formula is C14H24N4OS. The van der Waals surface area contributed by atoms with Crippen molar-refractivity contribution in [2.24, 2.45) is 5.92 Å². The van der Waals surface area contributed by atoms with Crippen molar-refractivity contribution in [2.75, 3.05) is 24.6 Å². The van der Waals surface area contributed by atoms with E-state index in [1.807, 2.05) is 33.6 Å². The van der Waals surface area contributed by atoms with Crippen LogP contribution < -0.4 is 5.32 Å². The first-order chi connectivity index (χ1) is 9.66. The maximum absolute atomic E-state index is 12.3. The van der Waals surface area contributed by atoms with E-state index < -0.39 is 0 Å². The molecule has 1 aromatic rings. The van der Waals surface area contributed by atoms with Gasteiger partial charge in [-0.05, 0) is 31.1 Å². The topological polar surface area (TPSA) is 50.2 Å². The zero-order chi connectivity index (χ0) is 14.4. The number of nitrogens with one attached hydrogen (secondary N) is 1. The van der Waals surface area contributed by atoms with Gasteiger partial charge in [-0.1, -0.05) is 6.92 Å². The summed E-state index contributed by atoms with van der Waals surface area (Å²) in [4.78, 5) is 14.2. The maximum Gasteiger partial charge on any atom is 0.317 e. The summed E-state index contributed by atoms with van der Waals surface area (Å²) < 4.78 is 1.90. The second kappa shape index (κ2) is 7.57. The third kappa shape index (κ3) is 4.44. The molecule has 1 aliphatic rings. The lowest BCUT2D eigenvalue weighted by molar-refractivity contribution is 0.181. The predicted octanol–water partition coefficient (Wildman–Crippen LogP) is 2.06. The van der Waals surface area contributed by atoms with Crippen LogP contribution in [0.25, 0.3) is 0 Å². The molecule has 1 saturated heterocycles. The summed E-state index contributed by atoms with van der Waals surface area (Å²) in [6.45, 7) is 6.64. The molecule has 0 aliphatic carbocycles. The summed E-state index contributed by atoms with van der Waals surface area (Å²) >= 11 is 1.93. The van der Waals surface area contributed by atoms with Gasteiger partial charge < -0.3 is 10.2 Å². The quantitative estimate of drug-likeness (QED) is 0.925. The highest BCUT2D eigenvalue weighted by Crippen LogP contribution is 2.15. The minimum Gasteiger partial charge on any atom is -0.338 e. The summed E-state index contributed by atoms with van der Waals surface area (Å²) in [7, 11) is 0. The van der Waals surface area contributed by atoms with Crippen LogP contribution in [-0.4, -0.2) is 51.3 Å². The number of hydrogen-bond donors (Lipinski definition) is 1. The van der Waals surface area contributed by atoms with Crippen molar-refractivity contribution in [3.05, 3.63) is 18.5 Å². The third-order valence-electron chi connectivity index (χ3n) is 3.61. The van der Waals surface area contributed by atoms with E-state index >= 15 is 0 Å². The Hall–Kier alpha value is -1.17. The maximum atomic E-state index is 12.3. The Morgan fingerprint density at radius 3 is 3.15 bits per heavy atom. The van der Waals surface area contributed by atoms with Crippen molar-refractivity contribution in [3.8, 4) is 0 Å². The predicted molar refractivity (Wildman–Crippen MR) is 82.9 cm³/mol. The van der Waals surface area contributed by atoms with E-state index in [-0.39, 0.29) is 6.03 Å². The van der Waals surface area contributed by atoms with Gasteiger partial charge in [-0.3, -0.25) is 4.68 Å². The summed E-state index contributed by atoms with van der Waals surface area (Å²) in [6.07, 6.45) is 4.81. The van der Waals surface area contributed by atoms with Crippen molar-refractivity contribution in [1.82, 2.24) is 20.0 Å². The summed E-state index contributed by atoms with van der Waals surface area (Å²) in [5, 5.41) is 7.25. The van der Waals surface area contributed by atoms with E-state index in [0.717, 1.165) is 31.0 Å². The molecule has 0 aromatic carbocycles. The minimum absolute atomic E-state index is 0.0762. The lowest BCUT2D eigenvalue weighted by Gasteiger charge is -2.27. The molecule has 2 atom stereocenters. The average Bonchev–Trinajstić information content (AvgIpc) is 2.83. The number of rotatable bonds is 4. The fourth-order valence-electron chi connectivity index (χ4n) is 2.35. The van der Waals surface area contributed by atoms with E-state index in [9.17, 15) is 4.79 Å². The number of nitrogens with zero attached hydrogens (tertiary/aromatic N) is 3. The van der Waals surface area contributed by atoms with Gasteiger partial charge in [-0.2, -0.15) is 16.9 Å². The first-order valence-electron chi connectivity index (χ1n) is 7.26. The highest BCUT2D eigenvalue weighted by Gasteiger charge is 2.22. The molecule has 5 nitrogen and oxygen atoms in total. The van der Waals surface area contributed by atoms with Crippen LogP contribution in [0.15, 0.2) is 18.5 Å². The van der Waals surface area contributed by atoms with Crippen LogP contribution in [0.4, 0.5) is 4.79 Å². The fourth-order valence-corrected chi connectivity index (χ4v) is 3.39. The van der Waals surface area contributed by atoms with Crippen molar-refractivity contribution in [3.63, 3.8) is 0 Å². The number of aromatic nitrogens is 2. The Kier molecular flexibility index (Phi) is 5.76. The van der Waals surface area contributed by atoms with Gasteiger partial charge in [-0.25, -0.2) is 4.79 Å². The van der Waals surface area contributed by atoms with E-state index in [2.05, 4.69) is 24.3 Å². The molecule has 1 aliphatic heterocycles. The minimum atomic E-state index is 0.0762. The van der Waals surface area contributed by atoms with E-state index in [4.69, 9.17) is 0 Å². The lowest BCUT2D eigenvalue weighted by Crippen LogP contribution is -2.46. The van der Waals surface area contributed by atoms with Crippen LogP contribution in [0, 0.1) is 5.92 Å². The third-order valence-corrected chi connectivity index (χ3v) is 4.60. The molecule has 20 heavy (non-hydrogen) atoms. The van der Waals surface area contributed by atoms with Crippen molar-refractivity contribution in [2.45, 2.75) is 32.9 Å². The molecule has 0 bridgehead atoms. The monoisotopic (exact) mass is 296 g/mol. The summed E-state index contributed by atoms with van der Waals surface area (Å²) in [5.74, 6) is 2.57.